The number of hydrogen-bond donors (Lipinski definition) is 3. The highest BCUT2D eigenvalue weighted by molar-refractivity contribution is 6.08. The fourth-order valence-electron chi connectivity index (χ4n) is 5.28. The van der Waals surface area contributed by atoms with Crippen LogP contribution in [-0.4, -0.2) is 52.3 Å². The number of aromatic nitrogens is 2. The van der Waals surface area contributed by atoms with Gasteiger partial charge in [-0.2, -0.15) is 4.98 Å². The molecule has 2 saturated carbocycles. The summed E-state index contributed by atoms with van der Waals surface area (Å²) in [6.45, 7) is 2.02. The van der Waals surface area contributed by atoms with Crippen LogP contribution in [0.25, 0.3) is 0 Å². The molecule has 1 aromatic heterocycles. The van der Waals surface area contributed by atoms with E-state index in [-0.39, 0.29) is 18.1 Å². The van der Waals surface area contributed by atoms with Gasteiger partial charge in [0.1, 0.15) is 5.82 Å². The molecule has 3 N–H and O–H groups in total. The monoisotopic (exact) mass is 371 g/mol. The van der Waals surface area contributed by atoms with Crippen LogP contribution in [0.2, 0.25) is 0 Å². The third kappa shape index (κ3) is 2.83. The van der Waals surface area contributed by atoms with Gasteiger partial charge < -0.3 is 15.7 Å². The Bertz CT molecular complexity index is 729. The summed E-state index contributed by atoms with van der Waals surface area (Å²) >= 11 is 0. The molecule has 0 bridgehead atoms. The van der Waals surface area contributed by atoms with E-state index in [2.05, 4.69) is 15.6 Å². The first-order valence-electron chi connectivity index (χ1n) is 10.5. The molecule has 7 nitrogen and oxygen atoms in total. The predicted molar refractivity (Wildman–Crippen MR) is 103 cm³/mol. The van der Waals surface area contributed by atoms with Crippen molar-refractivity contribution in [1.82, 2.24) is 15.3 Å². The maximum absolute atomic E-state index is 13.4. The molecule has 3 heterocycles. The minimum absolute atomic E-state index is 0.0570. The Kier molecular flexibility index (Phi) is 4.31. The zero-order chi connectivity index (χ0) is 18.4. The average molecular weight is 371 g/mol. The molecule has 4 aliphatic rings. The molecule has 2 aliphatic carbocycles. The van der Waals surface area contributed by atoms with Crippen molar-refractivity contribution in [2.24, 2.45) is 0 Å². The summed E-state index contributed by atoms with van der Waals surface area (Å²) in [7, 11) is 0. The van der Waals surface area contributed by atoms with Crippen LogP contribution in [-0.2, 0) is 10.2 Å². The van der Waals surface area contributed by atoms with Gasteiger partial charge in [-0.1, -0.05) is 6.42 Å². The van der Waals surface area contributed by atoms with Gasteiger partial charge in [0.05, 0.1) is 11.5 Å². The van der Waals surface area contributed by atoms with Gasteiger partial charge in [0.2, 0.25) is 11.9 Å². The lowest BCUT2D eigenvalue weighted by atomic mass is 9.66. The van der Waals surface area contributed by atoms with Gasteiger partial charge in [0.15, 0.2) is 0 Å². The van der Waals surface area contributed by atoms with E-state index in [1.807, 2.05) is 11.1 Å². The number of fused-ring (bicyclic) bond motifs is 2. The van der Waals surface area contributed by atoms with Crippen LogP contribution < -0.4 is 15.5 Å². The van der Waals surface area contributed by atoms with E-state index in [9.17, 15) is 9.90 Å². The largest absolute Gasteiger partial charge is 0.393 e. The summed E-state index contributed by atoms with van der Waals surface area (Å²) in [5.74, 6) is 1.62. The fraction of sp³-hybridized carbons (Fsp3) is 0.750. The van der Waals surface area contributed by atoms with Crippen LogP contribution in [0.15, 0.2) is 6.20 Å². The van der Waals surface area contributed by atoms with Crippen molar-refractivity contribution in [3.8, 4) is 0 Å². The Balaban J connectivity index is 1.47. The van der Waals surface area contributed by atoms with E-state index >= 15 is 0 Å². The second-order valence-electron chi connectivity index (χ2n) is 8.68. The lowest BCUT2D eigenvalue weighted by molar-refractivity contribution is -0.126. The minimum atomic E-state index is -0.398. The molecule has 1 aromatic rings. The number of nitrogens with zero attached hydrogens (tertiary/aromatic N) is 3. The van der Waals surface area contributed by atoms with E-state index in [1.165, 1.54) is 0 Å². The first-order chi connectivity index (χ1) is 13.2. The van der Waals surface area contributed by atoms with Gasteiger partial charge in [-0.15, -0.1) is 0 Å². The Morgan fingerprint density at radius 2 is 2.00 bits per heavy atom. The summed E-state index contributed by atoms with van der Waals surface area (Å²) in [6.07, 6.45) is 9.97. The first-order valence-corrected chi connectivity index (χ1v) is 10.5. The Hall–Kier alpha value is -1.73. The van der Waals surface area contributed by atoms with E-state index in [0.29, 0.717) is 18.4 Å². The number of rotatable bonds is 3. The average Bonchev–Trinajstić information content (AvgIpc) is 2.90. The predicted octanol–water partition coefficient (Wildman–Crippen LogP) is 1.71. The van der Waals surface area contributed by atoms with Crippen LogP contribution in [0, 0.1) is 0 Å². The van der Waals surface area contributed by atoms with Crippen LogP contribution >= 0.6 is 0 Å². The highest BCUT2D eigenvalue weighted by Gasteiger charge is 2.57. The summed E-state index contributed by atoms with van der Waals surface area (Å²) in [5.41, 5.74) is 0.611. The van der Waals surface area contributed by atoms with Gasteiger partial charge in [0, 0.05) is 23.8 Å². The number of carbonyl (C=O) groups excluding carboxylic acids is 1. The summed E-state index contributed by atoms with van der Waals surface area (Å²) in [6, 6.07) is 0.436. The lowest BCUT2D eigenvalue weighted by Gasteiger charge is -2.39. The van der Waals surface area contributed by atoms with Gasteiger partial charge in [-0.25, -0.2) is 4.98 Å². The SMILES string of the molecule is O=C1N(C2CCC[C@@H](O)C2)c2nc(NC3CCNCC3)ncc2C12CCC2. The minimum Gasteiger partial charge on any atom is -0.393 e. The summed E-state index contributed by atoms with van der Waals surface area (Å²) < 4.78 is 0. The van der Waals surface area contributed by atoms with Crippen molar-refractivity contribution in [2.75, 3.05) is 23.3 Å². The summed E-state index contributed by atoms with van der Waals surface area (Å²) in [4.78, 5) is 24.8. The van der Waals surface area contributed by atoms with Gasteiger partial charge in [-0.05, 0) is 64.5 Å². The second kappa shape index (κ2) is 6.71. The highest BCUT2D eigenvalue weighted by Crippen LogP contribution is 2.54. The van der Waals surface area contributed by atoms with E-state index in [1.54, 1.807) is 0 Å². The molecule has 1 amide bonds. The van der Waals surface area contributed by atoms with Gasteiger partial charge in [-0.3, -0.25) is 9.69 Å². The number of hydrogen-bond acceptors (Lipinski definition) is 6. The number of amides is 1. The smallest absolute Gasteiger partial charge is 0.239 e. The number of aliphatic hydroxyl groups is 1. The molecule has 5 rings (SSSR count). The molecule has 2 atom stereocenters. The maximum atomic E-state index is 13.4. The number of carbonyl (C=O) groups is 1. The maximum Gasteiger partial charge on any atom is 0.239 e. The van der Waals surface area contributed by atoms with Crippen molar-refractivity contribution < 1.29 is 9.90 Å². The highest BCUT2D eigenvalue weighted by atomic mass is 16.3. The Morgan fingerprint density at radius 1 is 1.19 bits per heavy atom. The number of piperidine rings is 1. The molecular weight excluding hydrogens is 342 g/mol. The Labute approximate surface area is 160 Å². The van der Waals surface area contributed by atoms with Crippen LogP contribution in [0.1, 0.15) is 63.4 Å². The zero-order valence-electron chi connectivity index (χ0n) is 15.8. The zero-order valence-corrected chi connectivity index (χ0v) is 15.8. The van der Waals surface area contributed by atoms with Crippen molar-refractivity contribution in [3.63, 3.8) is 0 Å². The molecule has 1 spiro atoms. The Morgan fingerprint density at radius 3 is 2.70 bits per heavy atom. The van der Waals surface area contributed by atoms with Crippen molar-refractivity contribution in [3.05, 3.63) is 11.8 Å². The molecular formula is C20H29N5O2. The van der Waals surface area contributed by atoms with E-state index in [0.717, 1.165) is 75.8 Å². The van der Waals surface area contributed by atoms with E-state index < -0.39 is 5.41 Å². The molecule has 27 heavy (non-hydrogen) atoms. The van der Waals surface area contributed by atoms with Crippen molar-refractivity contribution in [2.45, 2.75) is 81.4 Å². The molecule has 7 heteroatoms. The third-order valence-electron chi connectivity index (χ3n) is 7.00. The number of aliphatic hydroxyl groups excluding tert-OH is 1. The fourth-order valence-corrected chi connectivity index (χ4v) is 5.28. The summed E-state index contributed by atoms with van der Waals surface area (Å²) in [5, 5.41) is 17.0. The molecule has 0 aromatic carbocycles. The van der Waals surface area contributed by atoms with Crippen LogP contribution in [0.4, 0.5) is 11.8 Å². The molecule has 3 fully saturated rings. The van der Waals surface area contributed by atoms with Crippen LogP contribution in [0.5, 0.6) is 0 Å². The quantitative estimate of drug-likeness (QED) is 0.749. The molecule has 1 saturated heterocycles. The van der Waals surface area contributed by atoms with Gasteiger partial charge in [0.25, 0.3) is 0 Å². The molecule has 1 unspecified atom stereocenters. The third-order valence-corrected chi connectivity index (χ3v) is 7.00. The van der Waals surface area contributed by atoms with Crippen molar-refractivity contribution in [1.29, 1.82) is 0 Å². The van der Waals surface area contributed by atoms with Gasteiger partial charge >= 0.3 is 0 Å². The van der Waals surface area contributed by atoms with Crippen LogP contribution in [0.3, 0.4) is 0 Å². The topological polar surface area (TPSA) is 90.4 Å². The molecule has 0 radical (unpaired) electrons. The number of anilines is 2. The first kappa shape index (κ1) is 17.4. The lowest BCUT2D eigenvalue weighted by Crippen LogP contribution is -2.50. The second-order valence-corrected chi connectivity index (χ2v) is 8.68. The normalized spacial score (nSPS) is 30.3. The molecule has 146 valence electrons. The number of nitrogens with one attached hydrogen (secondary N) is 2. The standard InChI is InChI=1S/C20H29N5O2/c26-15-4-1-3-14(11-15)25-17-16(20(18(25)27)7-2-8-20)12-22-19(24-17)23-13-5-9-21-10-6-13/h12-15,21,26H,1-11H2,(H,22,23,24)/t14?,15-/m1/s1. The molecule has 2 aliphatic heterocycles. The van der Waals surface area contributed by atoms with E-state index in [4.69, 9.17) is 4.98 Å². The van der Waals surface area contributed by atoms with Crippen molar-refractivity contribution >= 4 is 17.7 Å².